The number of fused-ring (bicyclic) bond motifs is 11. The van der Waals surface area contributed by atoms with E-state index in [1.165, 1.54) is 128 Å². The zero-order valence-electron chi connectivity index (χ0n) is 66.1. The van der Waals surface area contributed by atoms with Crippen molar-refractivity contribution >= 4 is 101 Å². The van der Waals surface area contributed by atoms with Gasteiger partial charge in [0, 0.05) is 83.5 Å². The molecular formula is C62H99N32O19P5. The van der Waals surface area contributed by atoms with E-state index >= 15 is 18.3 Å². The Balaban J connectivity index is 0.769. The summed E-state index contributed by atoms with van der Waals surface area (Å²) in [5.41, 5.74) is 27.0. The number of aromatic amines is 2. The molecule has 16 unspecified atom stereocenters. The fourth-order valence-electron chi connectivity index (χ4n) is 14.5. The van der Waals surface area contributed by atoms with Crippen LogP contribution in [0.25, 0.3) is 33.5 Å². The third kappa shape index (κ3) is 17.9. The molecule has 0 aliphatic carbocycles. The molecule has 646 valence electrons. The number of nitrogens with two attached hydrogens (primary N) is 5. The highest BCUT2D eigenvalue weighted by molar-refractivity contribution is 7.57. The fraction of sp³-hybridized carbons (Fsp3) is 0.629. The Morgan fingerprint density at radius 1 is 0.568 bits per heavy atom. The van der Waals surface area contributed by atoms with Crippen LogP contribution >= 0.6 is 38.2 Å². The van der Waals surface area contributed by atoms with Gasteiger partial charge in [0.05, 0.1) is 109 Å². The van der Waals surface area contributed by atoms with Gasteiger partial charge in [0.25, 0.3) is 18.6 Å². The second-order valence-electron chi connectivity index (χ2n) is 29.6. The first kappa shape index (κ1) is 86.8. The molecule has 8 bridgehead atoms. The van der Waals surface area contributed by atoms with Gasteiger partial charge in [-0.15, -0.1) is 0 Å². The van der Waals surface area contributed by atoms with Crippen molar-refractivity contribution in [2.45, 2.75) is 81.2 Å². The molecule has 8 aromatic heterocycles. The second-order valence-corrected chi connectivity index (χ2v) is 42.4. The number of hydrogen-bond acceptors (Lipinski definition) is 35. The summed E-state index contributed by atoms with van der Waals surface area (Å²) in [7, 11) is -10.0. The topological polar surface area (TPSA) is 610 Å². The van der Waals surface area contributed by atoms with Crippen LogP contribution in [0.1, 0.15) is 45.0 Å². The van der Waals surface area contributed by atoms with Gasteiger partial charge in [-0.05, 0) is 55.4 Å². The lowest BCUT2D eigenvalue weighted by Gasteiger charge is -2.46. The predicted octanol–water partition coefficient (Wildman–Crippen LogP) is -1.06. The van der Waals surface area contributed by atoms with Crippen LogP contribution in [0.4, 0.5) is 29.1 Å². The maximum absolute atomic E-state index is 16.5. The van der Waals surface area contributed by atoms with Gasteiger partial charge in [-0.25, -0.2) is 87.3 Å². The zero-order chi connectivity index (χ0) is 84.1. The Bertz CT molecular complexity index is 5460. The van der Waals surface area contributed by atoms with E-state index in [2.05, 4.69) is 65.3 Å². The Morgan fingerprint density at radius 2 is 1.08 bits per heavy atom. The molecule has 14 heterocycles. The number of nitrogens with one attached hydrogen (secondary N) is 5. The van der Waals surface area contributed by atoms with Crippen LogP contribution in [0.5, 0.6) is 0 Å². The first-order valence-electron chi connectivity index (χ1n) is 37.6. The molecule has 56 heteroatoms. The summed E-state index contributed by atoms with van der Waals surface area (Å²) in [5, 5.41) is 8.85. The molecule has 118 heavy (non-hydrogen) atoms. The van der Waals surface area contributed by atoms with Gasteiger partial charge in [0.2, 0.25) is 5.95 Å². The number of morpholine rings is 5. The molecule has 5 fully saturated rings. The highest BCUT2D eigenvalue weighted by Crippen LogP contribution is 2.60. The van der Waals surface area contributed by atoms with Crippen molar-refractivity contribution in [2.75, 3.05) is 197 Å². The van der Waals surface area contributed by atoms with Crippen molar-refractivity contribution in [1.82, 2.24) is 125 Å². The van der Waals surface area contributed by atoms with Gasteiger partial charge in [-0.2, -0.15) is 9.97 Å². The molecule has 0 spiro atoms. The van der Waals surface area contributed by atoms with Gasteiger partial charge in [0.15, 0.2) is 46.5 Å². The molecule has 0 amide bonds. The molecule has 6 aliphatic heterocycles. The molecule has 0 saturated carbocycles. The van der Waals surface area contributed by atoms with Crippen LogP contribution in [0.2, 0.25) is 0 Å². The highest BCUT2D eigenvalue weighted by atomic mass is 31.2. The Hall–Kier alpha value is -7.52. The number of H-pyrrole nitrogens is 2. The molecule has 14 rings (SSSR count). The molecule has 0 radical (unpaired) electrons. The van der Waals surface area contributed by atoms with Crippen LogP contribution in [0.15, 0.2) is 69.3 Å². The minimum absolute atomic E-state index is 0.00284. The standard InChI is InChI=1S/C62H99N32O19P5/c1-37(2)114(99,75-13-11-63)104-27-39-17-86(23-47(111-39)92-34-72-50-53(66)68-32-70-55(50)92)115(100,76-14-12-64)105-28-40-18-88(25-48(112-40)93-35-73-51-54(67)69-33-71-56(51)93)117(102,83(5)6)108-31-42-20-89-26-49(113-42)94-36-74-52-57(94)79-60(80-59(52)96)77-43-21-91(62(98)81-58(43)95)46-24-87(19-41(110-46)30-107-118(89,103)84(7)8)116(101,82(3)4)106-29-38-16-85(9)22-45(109-38)90-15-10-44(65)78-61(90)97/h10,15,21,32-42,45-49H,11-14,16-20,22-31,63-64H2,1-9H3,(H,75,99)(H,76,100)(H2,65,78,97)(H2,66,68,70)(H2,67,69,71)(H,81,95,98)(H2,77,79,80,96). The summed E-state index contributed by atoms with van der Waals surface area (Å²) in [4.78, 5) is 101. The Labute approximate surface area is 673 Å². The number of nitrogen functional groups attached to an aromatic ring is 3. The number of likely N-dealkylation sites (N-methyl/N-ethyl adjacent to an activating group) is 1. The molecule has 0 aromatic carbocycles. The SMILES string of the molecule is CC(C)P(=O)(NCCN)OCC1CN(P(=O)(NCCN)OCC2CN(P(=O)(OCC3CN4CC(O3)n3cnc5c(=O)[nH]c(nc53)Nc3cn(c(=O)[nH]c3=O)C3CN(P(=O)(OCC5CN(C)CC(n6ccc(N)nc6=O)O5)N(C)C)CC(COP4(=O)N(C)C)O3)N(C)C)CC(n3cnc4c(N)ncnc43)O2)CC(n2cnc3c(N)ncnc32)O1. The van der Waals surface area contributed by atoms with E-state index in [9.17, 15) is 23.7 Å². The maximum atomic E-state index is 16.5. The lowest BCUT2D eigenvalue weighted by atomic mass is 10.3. The van der Waals surface area contributed by atoms with E-state index in [1.54, 1.807) is 23.0 Å². The summed E-state index contributed by atoms with van der Waals surface area (Å²) >= 11 is 0. The van der Waals surface area contributed by atoms with E-state index in [-0.39, 0.29) is 162 Å². The number of ether oxygens (including phenoxy) is 5. The number of imidazole rings is 3. The summed E-state index contributed by atoms with van der Waals surface area (Å²) in [6.07, 6.45) is -1.61. The smallest absolute Gasteiger partial charge is 0.351 e. The van der Waals surface area contributed by atoms with Crippen molar-refractivity contribution < 1.29 is 69.1 Å². The first-order valence-corrected chi connectivity index (χ1v) is 45.5. The van der Waals surface area contributed by atoms with E-state index in [0.29, 0.717) is 5.65 Å². The van der Waals surface area contributed by atoms with E-state index in [1.807, 2.05) is 11.9 Å². The minimum atomic E-state index is -4.43. The number of anilines is 5. The van der Waals surface area contributed by atoms with Gasteiger partial charge in [0.1, 0.15) is 53.9 Å². The van der Waals surface area contributed by atoms with Crippen LogP contribution in [-0.4, -0.2) is 325 Å². The van der Waals surface area contributed by atoms with Gasteiger partial charge >= 0.3 is 42.1 Å². The van der Waals surface area contributed by atoms with Gasteiger partial charge < -0.3 is 80.3 Å². The average molecular weight is 1750 g/mol. The van der Waals surface area contributed by atoms with E-state index in [4.69, 9.17) is 80.0 Å². The summed E-state index contributed by atoms with van der Waals surface area (Å²) < 4.78 is 163. The minimum Gasteiger partial charge on any atom is -0.383 e. The maximum Gasteiger partial charge on any atom is 0.351 e. The van der Waals surface area contributed by atoms with Gasteiger partial charge in [-0.3, -0.25) is 70.1 Å². The molecule has 8 aromatic rings. The number of rotatable bonds is 28. The van der Waals surface area contributed by atoms with Crippen molar-refractivity contribution in [1.29, 1.82) is 0 Å². The summed E-state index contributed by atoms with van der Waals surface area (Å²) in [6.45, 7) is 0.517. The summed E-state index contributed by atoms with van der Waals surface area (Å²) in [6, 6.07) is 1.46. The Kier molecular flexibility index (Phi) is 26.1. The molecule has 15 N–H and O–H groups in total. The van der Waals surface area contributed by atoms with Crippen LogP contribution < -0.4 is 66.7 Å². The van der Waals surface area contributed by atoms with Crippen molar-refractivity contribution in [3.8, 4) is 0 Å². The molecule has 51 nitrogen and oxygen atoms in total. The van der Waals surface area contributed by atoms with Crippen LogP contribution in [0.3, 0.4) is 0 Å². The molecule has 16 atom stereocenters. The van der Waals surface area contributed by atoms with Crippen molar-refractivity contribution in [2.24, 2.45) is 11.5 Å². The first-order chi connectivity index (χ1) is 56.2. The molecule has 5 saturated heterocycles. The summed E-state index contributed by atoms with van der Waals surface area (Å²) in [5.74, 6) is -0.124. The number of hydrogen-bond donors (Lipinski definition) is 10. The van der Waals surface area contributed by atoms with E-state index in [0.717, 1.165) is 10.8 Å². The number of aromatic nitrogens is 16. The van der Waals surface area contributed by atoms with Crippen molar-refractivity contribution in [3.05, 3.63) is 91.8 Å². The third-order valence-electron chi connectivity index (χ3n) is 20.4. The quantitative estimate of drug-likeness (QED) is 0.0261. The fourth-order valence-corrected chi connectivity index (χ4v) is 24.0. The normalized spacial score (nSPS) is 27.5. The van der Waals surface area contributed by atoms with Crippen LogP contribution in [0, 0.1) is 0 Å². The Morgan fingerprint density at radius 3 is 1.67 bits per heavy atom. The molecule has 6 aliphatic rings. The third-order valence-corrected chi connectivity index (χ3v) is 32.8. The highest BCUT2D eigenvalue weighted by Gasteiger charge is 2.51. The largest absolute Gasteiger partial charge is 0.383 e. The second kappa shape index (κ2) is 35.5. The molecular weight excluding hydrogens is 1650 g/mol. The van der Waals surface area contributed by atoms with Gasteiger partial charge in [-0.1, -0.05) is 13.8 Å². The average Bonchev–Trinajstić information content (AvgIpc) is 1.49. The lowest BCUT2D eigenvalue weighted by Crippen LogP contribution is -2.51. The van der Waals surface area contributed by atoms with E-state index < -0.39 is 148 Å². The lowest BCUT2D eigenvalue weighted by molar-refractivity contribution is -0.134. The zero-order valence-corrected chi connectivity index (χ0v) is 70.6. The monoisotopic (exact) mass is 1750 g/mol. The van der Waals surface area contributed by atoms with Crippen molar-refractivity contribution in [3.63, 3.8) is 0 Å². The van der Waals surface area contributed by atoms with Crippen LogP contribution in [-0.2, 0) is 69.1 Å². The number of nitrogens with zero attached hydrogens (tertiary/aromatic N) is 22. The predicted molar refractivity (Wildman–Crippen MR) is 427 cm³/mol.